The number of rotatable bonds is 6. The first-order chi connectivity index (χ1) is 17.1. The van der Waals surface area contributed by atoms with E-state index < -0.39 is 35.0 Å². The number of thiazole rings is 1. The number of hydrogen-bond acceptors (Lipinski definition) is 6. The van der Waals surface area contributed by atoms with E-state index in [2.05, 4.69) is 4.99 Å². The number of carbonyl (C=O) groups is 1. The number of esters is 1. The van der Waals surface area contributed by atoms with E-state index in [4.69, 9.17) is 21.1 Å². The lowest BCUT2D eigenvalue weighted by Gasteiger charge is -2.26. The van der Waals surface area contributed by atoms with Gasteiger partial charge in [-0.05, 0) is 55.3 Å². The molecule has 3 aromatic rings. The van der Waals surface area contributed by atoms with Crippen molar-refractivity contribution in [2.75, 3.05) is 13.2 Å². The van der Waals surface area contributed by atoms with Crippen LogP contribution in [0.15, 0.2) is 69.6 Å². The summed E-state index contributed by atoms with van der Waals surface area (Å²) >= 11 is 6.78. The van der Waals surface area contributed by atoms with Crippen LogP contribution >= 0.6 is 22.9 Å². The smallest absolute Gasteiger partial charge is 0.434 e. The lowest BCUT2D eigenvalue weighted by atomic mass is 9.95. The Kier molecular flexibility index (Phi) is 7.37. The molecule has 0 unspecified atom stereocenters. The number of carbonyl (C=O) groups excluding carboxylic acids is 1. The molecule has 11 heteroatoms. The molecule has 0 saturated carbocycles. The molecule has 188 valence electrons. The van der Waals surface area contributed by atoms with Gasteiger partial charge in [0.15, 0.2) is 10.5 Å². The highest BCUT2D eigenvalue weighted by atomic mass is 35.5. The van der Waals surface area contributed by atoms with E-state index in [1.54, 1.807) is 30.3 Å². The molecular formula is C25H20ClF3N2O4S. The number of benzene rings is 2. The van der Waals surface area contributed by atoms with Crippen LogP contribution < -0.4 is 19.6 Å². The molecule has 0 saturated heterocycles. The van der Waals surface area contributed by atoms with Crippen LogP contribution in [-0.2, 0) is 9.53 Å². The Balaban J connectivity index is 1.97. The van der Waals surface area contributed by atoms with Gasteiger partial charge < -0.3 is 9.47 Å². The highest BCUT2D eigenvalue weighted by molar-refractivity contribution is 7.07. The van der Waals surface area contributed by atoms with E-state index in [0.29, 0.717) is 22.9 Å². The summed E-state index contributed by atoms with van der Waals surface area (Å²) in [7, 11) is 0. The van der Waals surface area contributed by atoms with Crippen LogP contribution in [0, 0.1) is 0 Å². The van der Waals surface area contributed by atoms with Crippen molar-refractivity contribution in [3.8, 4) is 5.75 Å². The SMILES string of the molecule is CCOC(=O)C1=C(C(F)(F)F)N=c2s/c(=C\c3ccc(OCC)cc3)c(=O)n2[C@@H]1c1ccc(Cl)cc1. The number of nitrogens with zero attached hydrogens (tertiary/aromatic N) is 2. The molecule has 2 heterocycles. The third-order valence-electron chi connectivity index (χ3n) is 5.27. The van der Waals surface area contributed by atoms with Crippen LogP contribution in [0.1, 0.15) is 31.0 Å². The van der Waals surface area contributed by atoms with E-state index in [9.17, 15) is 22.8 Å². The summed E-state index contributed by atoms with van der Waals surface area (Å²) in [6.07, 6.45) is -3.41. The lowest BCUT2D eigenvalue weighted by Crippen LogP contribution is -2.41. The minimum atomic E-state index is -4.96. The predicted molar refractivity (Wildman–Crippen MR) is 130 cm³/mol. The van der Waals surface area contributed by atoms with Gasteiger partial charge >= 0.3 is 12.1 Å². The monoisotopic (exact) mass is 536 g/mol. The van der Waals surface area contributed by atoms with Crippen molar-refractivity contribution in [3.05, 3.63) is 95.6 Å². The van der Waals surface area contributed by atoms with Crippen LogP contribution in [0.5, 0.6) is 5.75 Å². The first-order valence-electron chi connectivity index (χ1n) is 10.9. The molecule has 1 atom stereocenters. The molecule has 1 aromatic heterocycles. The second-order valence-corrected chi connectivity index (χ2v) is 9.06. The second kappa shape index (κ2) is 10.3. The maximum atomic E-state index is 14.1. The van der Waals surface area contributed by atoms with Gasteiger partial charge in [0.05, 0.1) is 29.4 Å². The van der Waals surface area contributed by atoms with Crippen molar-refractivity contribution in [1.82, 2.24) is 4.57 Å². The van der Waals surface area contributed by atoms with Gasteiger partial charge in [0, 0.05) is 5.02 Å². The zero-order chi connectivity index (χ0) is 26.0. The average molecular weight is 537 g/mol. The summed E-state index contributed by atoms with van der Waals surface area (Å²) in [6, 6.07) is 11.4. The van der Waals surface area contributed by atoms with Gasteiger partial charge in [-0.3, -0.25) is 9.36 Å². The van der Waals surface area contributed by atoms with Crippen LogP contribution in [-0.4, -0.2) is 29.9 Å². The highest BCUT2D eigenvalue weighted by Gasteiger charge is 2.45. The standard InChI is InChI=1S/C25H20ClF3N2O4S/c1-3-34-17-11-5-14(6-12-17)13-18-22(32)31-20(15-7-9-16(26)10-8-15)19(23(33)35-4-2)21(25(27,28)29)30-24(31)36-18/h5-13,20H,3-4H2,1-2H3/b18-13-/t20-/m1/s1. The molecule has 1 aliphatic rings. The number of aromatic nitrogens is 1. The minimum absolute atomic E-state index is 0.150. The van der Waals surface area contributed by atoms with Crippen LogP contribution in [0.25, 0.3) is 6.08 Å². The summed E-state index contributed by atoms with van der Waals surface area (Å²) in [5, 5.41) is 0.347. The van der Waals surface area contributed by atoms with E-state index >= 15 is 0 Å². The summed E-state index contributed by atoms with van der Waals surface area (Å²) in [4.78, 5) is 29.9. The molecular weight excluding hydrogens is 517 g/mol. The summed E-state index contributed by atoms with van der Waals surface area (Å²) in [5.41, 5.74) is -1.84. The molecule has 0 bridgehead atoms. The van der Waals surface area contributed by atoms with Gasteiger partial charge in [-0.1, -0.05) is 47.2 Å². The Labute approximate surface area is 212 Å². The Hall–Kier alpha value is -3.37. The molecule has 36 heavy (non-hydrogen) atoms. The Morgan fingerprint density at radius 2 is 1.78 bits per heavy atom. The third kappa shape index (κ3) is 5.10. The maximum Gasteiger partial charge on any atom is 0.434 e. The fraction of sp³-hybridized carbons (Fsp3) is 0.240. The fourth-order valence-corrected chi connectivity index (χ4v) is 4.91. The number of fused-ring (bicyclic) bond motifs is 1. The number of allylic oxidation sites excluding steroid dienone is 1. The first kappa shape index (κ1) is 25.7. The predicted octanol–water partition coefficient (Wildman–Crippen LogP) is 4.39. The first-order valence-corrected chi connectivity index (χ1v) is 12.1. The van der Waals surface area contributed by atoms with Crippen molar-refractivity contribution >= 4 is 35.0 Å². The summed E-state index contributed by atoms with van der Waals surface area (Å²) < 4.78 is 54.0. The van der Waals surface area contributed by atoms with Gasteiger partial charge in [-0.2, -0.15) is 13.2 Å². The van der Waals surface area contributed by atoms with Crippen LogP contribution in [0.4, 0.5) is 13.2 Å². The van der Waals surface area contributed by atoms with Crippen LogP contribution in [0.3, 0.4) is 0 Å². The van der Waals surface area contributed by atoms with Gasteiger partial charge in [-0.15, -0.1) is 0 Å². The van der Waals surface area contributed by atoms with Crippen molar-refractivity contribution < 1.29 is 27.4 Å². The Morgan fingerprint density at radius 1 is 1.11 bits per heavy atom. The van der Waals surface area contributed by atoms with E-state index in [0.717, 1.165) is 15.9 Å². The topological polar surface area (TPSA) is 69.9 Å². The lowest BCUT2D eigenvalue weighted by molar-refractivity contribution is -0.140. The third-order valence-corrected chi connectivity index (χ3v) is 6.50. The summed E-state index contributed by atoms with van der Waals surface area (Å²) in [5.74, 6) is -0.554. The molecule has 6 nitrogen and oxygen atoms in total. The fourth-order valence-electron chi connectivity index (χ4n) is 3.78. The molecule has 0 radical (unpaired) electrons. The van der Waals surface area contributed by atoms with E-state index in [-0.39, 0.29) is 21.5 Å². The Morgan fingerprint density at radius 3 is 2.36 bits per heavy atom. The van der Waals surface area contributed by atoms with Crippen molar-refractivity contribution in [1.29, 1.82) is 0 Å². The van der Waals surface area contributed by atoms with Gasteiger partial charge in [-0.25, -0.2) is 9.79 Å². The van der Waals surface area contributed by atoms with Gasteiger partial charge in [0.25, 0.3) is 5.56 Å². The number of ether oxygens (including phenoxy) is 2. The van der Waals surface area contributed by atoms with Crippen LogP contribution in [0.2, 0.25) is 5.02 Å². The Bertz CT molecular complexity index is 1490. The molecule has 0 N–H and O–H groups in total. The van der Waals surface area contributed by atoms with Crippen molar-refractivity contribution in [2.45, 2.75) is 26.1 Å². The molecule has 4 rings (SSSR count). The summed E-state index contributed by atoms with van der Waals surface area (Å²) in [6.45, 7) is 3.68. The second-order valence-electron chi connectivity index (χ2n) is 7.62. The molecule has 0 fully saturated rings. The zero-order valence-electron chi connectivity index (χ0n) is 19.1. The number of alkyl halides is 3. The molecule has 1 aliphatic heterocycles. The average Bonchev–Trinajstić information content (AvgIpc) is 3.14. The highest BCUT2D eigenvalue weighted by Crippen LogP contribution is 2.38. The minimum Gasteiger partial charge on any atom is -0.494 e. The number of hydrogen-bond donors (Lipinski definition) is 0. The van der Waals surface area contributed by atoms with E-state index in [1.165, 1.54) is 31.2 Å². The van der Waals surface area contributed by atoms with Gasteiger partial charge in [0.2, 0.25) is 0 Å². The van der Waals surface area contributed by atoms with E-state index in [1.807, 2.05) is 6.92 Å². The normalized spacial score (nSPS) is 15.9. The zero-order valence-corrected chi connectivity index (χ0v) is 20.7. The quantitative estimate of drug-likeness (QED) is 0.438. The van der Waals surface area contributed by atoms with Gasteiger partial charge in [0.1, 0.15) is 5.75 Å². The molecule has 0 amide bonds. The molecule has 0 spiro atoms. The largest absolute Gasteiger partial charge is 0.494 e. The number of halogens is 4. The molecule has 2 aromatic carbocycles. The van der Waals surface area contributed by atoms with Crippen molar-refractivity contribution in [3.63, 3.8) is 0 Å². The maximum absolute atomic E-state index is 14.1. The van der Waals surface area contributed by atoms with Crippen molar-refractivity contribution in [2.24, 2.45) is 4.99 Å². The molecule has 0 aliphatic carbocycles.